The van der Waals surface area contributed by atoms with Gasteiger partial charge in [0, 0.05) is 20.2 Å². The molecule has 1 heterocycles. The van der Waals surface area contributed by atoms with E-state index in [4.69, 9.17) is 4.74 Å². The van der Waals surface area contributed by atoms with Crippen LogP contribution in [0.15, 0.2) is 24.3 Å². The number of carbonyl (C=O) groups is 1. The Morgan fingerprint density at radius 3 is 2.73 bits per heavy atom. The van der Waals surface area contributed by atoms with Gasteiger partial charge in [-0.1, -0.05) is 43.5 Å². The molecule has 1 unspecified atom stereocenters. The molecule has 0 amide bonds. The van der Waals surface area contributed by atoms with E-state index in [-0.39, 0.29) is 0 Å². The fourth-order valence-electron chi connectivity index (χ4n) is 3.90. The number of methoxy groups -OCH3 is 1. The summed E-state index contributed by atoms with van der Waals surface area (Å²) in [4.78, 5) is 12.4. The van der Waals surface area contributed by atoms with E-state index in [1.54, 1.807) is 7.11 Å². The summed E-state index contributed by atoms with van der Waals surface area (Å²) < 4.78 is 5.27. The molecule has 1 aromatic rings. The van der Waals surface area contributed by atoms with E-state index >= 15 is 0 Å². The lowest BCUT2D eigenvalue weighted by molar-refractivity contribution is -0.107. The van der Waals surface area contributed by atoms with Gasteiger partial charge in [0.25, 0.3) is 0 Å². The quantitative estimate of drug-likeness (QED) is 0.601. The summed E-state index contributed by atoms with van der Waals surface area (Å²) in [5.74, 6) is 0. The van der Waals surface area contributed by atoms with Gasteiger partial charge < -0.3 is 20.0 Å². The van der Waals surface area contributed by atoms with Crippen molar-refractivity contribution >= 4 is 6.29 Å². The van der Waals surface area contributed by atoms with E-state index in [1.807, 2.05) is 0 Å². The van der Waals surface area contributed by atoms with Gasteiger partial charge in [0.1, 0.15) is 6.29 Å². The van der Waals surface area contributed by atoms with Crippen molar-refractivity contribution in [1.82, 2.24) is 10.2 Å². The number of benzene rings is 1. The highest BCUT2D eigenvalue weighted by molar-refractivity contribution is 5.51. The summed E-state index contributed by atoms with van der Waals surface area (Å²) in [6.07, 6.45) is 7.19. The molecular weight excluding hydrogens is 328 g/mol. The zero-order valence-electron chi connectivity index (χ0n) is 16.2. The molecule has 26 heavy (non-hydrogen) atoms. The molecule has 1 fully saturated rings. The number of hydrogen-bond acceptors (Lipinski definition) is 5. The van der Waals surface area contributed by atoms with Crippen LogP contribution in [0.25, 0.3) is 0 Å². The van der Waals surface area contributed by atoms with Crippen LogP contribution < -0.4 is 5.32 Å². The number of aldehydes is 1. The Hall–Kier alpha value is -1.27. The first-order valence-corrected chi connectivity index (χ1v) is 9.73. The van der Waals surface area contributed by atoms with Gasteiger partial charge >= 0.3 is 0 Å². The van der Waals surface area contributed by atoms with Crippen LogP contribution in [0.2, 0.25) is 0 Å². The van der Waals surface area contributed by atoms with Crippen molar-refractivity contribution in [3.05, 3.63) is 35.4 Å². The van der Waals surface area contributed by atoms with Crippen LogP contribution in [-0.2, 0) is 16.0 Å². The number of hydrogen-bond donors (Lipinski definition) is 2. The summed E-state index contributed by atoms with van der Waals surface area (Å²) in [6, 6.07) is 9.11. The molecule has 0 bridgehead atoms. The lowest BCUT2D eigenvalue weighted by Gasteiger charge is -2.34. The summed E-state index contributed by atoms with van der Waals surface area (Å²) in [5, 5.41) is 12.8. The molecule has 0 saturated heterocycles. The Bertz CT molecular complexity index is 544. The first-order chi connectivity index (χ1) is 12.6. The van der Waals surface area contributed by atoms with Crippen molar-refractivity contribution in [2.75, 3.05) is 40.4 Å². The van der Waals surface area contributed by atoms with E-state index < -0.39 is 5.60 Å². The molecule has 1 atom stereocenters. The van der Waals surface area contributed by atoms with Gasteiger partial charge in [-0.05, 0) is 37.4 Å². The van der Waals surface area contributed by atoms with Crippen LogP contribution in [0.4, 0.5) is 0 Å². The second kappa shape index (κ2) is 10.8. The van der Waals surface area contributed by atoms with Crippen LogP contribution in [-0.4, -0.2) is 62.3 Å². The lowest BCUT2D eigenvalue weighted by Crippen LogP contribution is -2.42. The minimum Gasteiger partial charge on any atom is -0.389 e. The number of nitrogens with zero attached hydrogens (tertiary/aromatic N) is 1. The van der Waals surface area contributed by atoms with Gasteiger partial charge in [0.15, 0.2) is 0 Å². The van der Waals surface area contributed by atoms with Crippen molar-refractivity contribution in [1.29, 1.82) is 0 Å². The van der Waals surface area contributed by atoms with E-state index in [2.05, 4.69) is 41.5 Å². The normalized spacial score (nSPS) is 22.0. The van der Waals surface area contributed by atoms with E-state index in [0.717, 1.165) is 51.5 Å². The summed E-state index contributed by atoms with van der Waals surface area (Å²) >= 11 is 0. The Morgan fingerprint density at radius 1 is 1.31 bits per heavy atom. The highest BCUT2D eigenvalue weighted by Gasteiger charge is 2.28. The average molecular weight is 363 g/mol. The third-order valence-electron chi connectivity index (χ3n) is 5.47. The average Bonchev–Trinajstić information content (AvgIpc) is 2.65. The summed E-state index contributed by atoms with van der Waals surface area (Å²) in [7, 11) is 3.94. The second-order valence-corrected chi connectivity index (χ2v) is 7.48. The Balaban J connectivity index is 0.000000190. The molecule has 0 radical (unpaired) electrons. The van der Waals surface area contributed by atoms with Gasteiger partial charge in [-0.2, -0.15) is 0 Å². The fraction of sp³-hybridized carbons (Fsp3) is 0.667. The number of carbonyl (C=O) groups excluding carboxylic acids is 1. The van der Waals surface area contributed by atoms with Crippen LogP contribution in [0, 0.1) is 0 Å². The predicted molar refractivity (Wildman–Crippen MR) is 104 cm³/mol. The predicted octanol–water partition coefficient (Wildman–Crippen LogP) is 2.33. The summed E-state index contributed by atoms with van der Waals surface area (Å²) in [5.41, 5.74) is 2.37. The van der Waals surface area contributed by atoms with E-state index in [1.165, 1.54) is 17.5 Å². The van der Waals surface area contributed by atoms with Gasteiger partial charge in [0.2, 0.25) is 0 Å². The molecule has 1 saturated carbocycles. The zero-order chi connectivity index (χ0) is 18.8. The molecule has 5 heteroatoms. The Labute approximate surface area is 157 Å². The number of fused-ring (bicyclic) bond motifs is 1. The van der Waals surface area contributed by atoms with Gasteiger partial charge in [0.05, 0.1) is 24.8 Å². The molecule has 1 aliphatic carbocycles. The van der Waals surface area contributed by atoms with Gasteiger partial charge in [-0.25, -0.2) is 0 Å². The van der Waals surface area contributed by atoms with Crippen LogP contribution >= 0.6 is 0 Å². The lowest BCUT2D eigenvalue weighted by atomic mass is 9.85. The first-order valence-electron chi connectivity index (χ1n) is 9.73. The van der Waals surface area contributed by atoms with Crippen molar-refractivity contribution in [3.8, 4) is 0 Å². The highest BCUT2D eigenvalue weighted by atomic mass is 16.5. The molecule has 0 aromatic heterocycles. The van der Waals surface area contributed by atoms with Gasteiger partial charge in [-0.3, -0.25) is 4.90 Å². The molecule has 3 rings (SSSR count). The van der Waals surface area contributed by atoms with E-state index in [9.17, 15) is 9.90 Å². The first kappa shape index (κ1) is 21.0. The molecular formula is C21H34N2O3. The minimum atomic E-state index is -0.540. The zero-order valence-corrected chi connectivity index (χ0v) is 16.2. The number of nitrogens with one attached hydrogen (secondary N) is 1. The molecule has 146 valence electrons. The third-order valence-corrected chi connectivity index (χ3v) is 5.47. The van der Waals surface area contributed by atoms with Crippen molar-refractivity contribution in [2.24, 2.45) is 0 Å². The SMILES string of the molecule is COCC1c2ccccc2CCN1C.O=CCNCC1(O)CCCCC1. The van der Waals surface area contributed by atoms with Crippen LogP contribution in [0.5, 0.6) is 0 Å². The fourth-order valence-corrected chi connectivity index (χ4v) is 3.90. The maximum absolute atomic E-state index is 10.0. The molecule has 2 N–H and O–H groups in total. The van der Waals surface area contributed by atoms with Crippen LogP contribution in [0.3, 0.4) is 0 Å². The number of likely N-dealkylation sites (N-methyl/N-ethyl adjacent to an activating group) is 1. The third kappa shape index (κ3) is 6.16. The van der Waals surface area contributed by atoms with E-state index in [0.29, 0.717) is 19.1 Å². The van der Waals surface area contributed by atoms with Crippen molar-refractivity contribution < 1.29 is 14.6 Å². The number of ether oxygens (including phenoxy) is 1. The maximum atomic E-state index is 10.0. The monoisotopic (exact) mass is 362 g/mol. The van der Waals surface area contributed by atoms with Crippen molar-refractivity contribution in [2.45, 2.75) is 50.2 Å². The number of rotatable bonds is 6. The highest BCUT2D eigenvalue weighted by Crippen LogP contribution is 2.28. The standard InChI is InChI=1S/C12H17NO.C9H17NO2/c1-13-8-7-10-5-3-4-6-11(10)12(13)9-14-2;11-7-6-10-8-9(12)4-2-1-3-5-9/h3-6,12H,7-9H2,1-2H3;7,10,12H,1-6,8H2. The maximum Gasteiger partial charge on any atom is 0.133 e. The van der Waals surface area contributed by atoms with Crippen molar-refractivity contribution in [3.63, 3.8) is 0 Å². The molecule has 1 aromatic carbocycles. The molecule has 1 aliphatic heterocycles. The summed E-state index contributed by atoms with van der Waals surface area (Å²) in [6.45, 7) is 2.83. The smallest absolute Gasteiger partial charge is 0.133 e. The number of aliphatic hydroxyl groups is 1. The largest absolute Gasteiger partial charge is 0.389 e. The van der Waals surface area contributed by atoms with Crippen LogP contribution in [0.1, 0.15) is 49.3 Å². The second-order valence-electron chi connectivity index (χ2n) is 7.48. The molecule has 5 nitrogen and oxygen atoms in total. The topological polar surface area (TPSA) is 61.8 Å². The van der Waals surface area contributed by atoms with Gasteiger partial charge in [-0.15, -0.1) is 0 Å². The minimum absolute atomic E-state index is 0.350. The Morgan fingerprint density at radius 2 is 2.04 bits per heavy atom. The molecule has 2 aliphatic rings. The Kier molecular flexibility index (Phi) is 8.72. The molecule has 0 spiro atoms.